The fourth-order valence-corrected chi connectivity index (χ4v) is 4.59. The van der Waals surface area contributed by atoms with Gasteiger partial charge in [-0.3, -0.25) is 9.78 Å². The number of fused-ring (bicyclic) bond motifs is 3. The van der Waals surface area contributed by atoms with Gasteiger partial charge in [-0.25, -0.2) is 14.6 Å². The maximum atomic E-state index is 13.4. The van der Waals surface area contributed by atoms with Gasteiger partial charge in [0.15, 0.2) is 0 Å². The predicted octanol–water partition coefficient (Wildman–Crippen LogP) is 4.39. The van der Waals surface area contributed by atoms with E-state index in [1.807, 2.05) is 9.58 Å². The molecule has 0 aliphatic carbocycles. The number of unbranched alkanes of at least 4 members (excludes halogenated alkanes) is 1. The molecule has 5 heterocycles. The molecule has 1 amide bonds. The Bertz CT molecular complexity index is 1430. The van der Waals surface area contributed by atoms with E-state index in [-0.39, 0.29) is 17.5 Å². The van der Waals surface area contributed by atoms with Crippen LogP contribution >= 0.6 is 0 Å². The van der Waals surface area contributed by atoms with Crippen LogP contribution in [0.5, 0.6) is 0 Å². The van der Waals surface area contributed by atoms with E-state index in [1.165, 1.54) is 6.20 Å². The van der Waals surface area contributed by atoms with Gasteiger partial charge in [0.1, 0.15) is 22.4 Å². The van der Waals surface area contributed by atoms with Crippen molar-refractivity contribution in [2.24, 2.45) is 0 Å². The topological polar surface area (TPSA) is 116 Å². The second kappa shape index (κ2) is 9.32. The number of amides is 1. The number of aromatic nitrogens is 6. The molecule has 4 aromatic heterocycles. The standard InChI is InChI=1S/C24H25F3N8O/c1-2-3-4-20(36)34-9-7-15(8-10-34)35-22-19(32-33-35)13-29-18-6-5-17(31-21(18)22)14-11-16(24(25,26)27)23(28)30-12-14/h5-6,11-13,15H,2-4,7-10H2,1H3,(H2,28,30). The normalized spacial score (nSPS) is 15.2. The van der Waals surface area contributed by atoms with Crippen LogP contribution in [0.3, 0.4) is 0 Å². The van der Waals surface area contributed by atoms with Gasteiger partial charge in [0.05, 0.1) is 29.0 Å². The molecule has 188 valence electrons. The second-order valence-corrected chi connectivity index (χ2v) is 8.96. The number of nitrogens with two attached hydrogens (primary N) is 1. The third-order valence-corrected chi connectivity index (χ3v) is 6.57. The minimum atomic E-state index is -4.63. The fraction of sp³-hybridized carbons (Fsp3) is 0.417. The highest BCUT2D eigenvalue weighted by Gasteiger charge is 2.34. The number of halogens is 3. The Morgan fingerprint density at radius 2 is 1.92 bits per heavy atom. The third-order valence-electron chi connectivity index (χ3n) is 6.57. The Morgan fingerprint density at radius 1 is 1.14 bits per heavy atom. The Labute approximate surface area is 204 Å². The highest BCUT2D eigenvalue weighted by Crippen LogP contribution is 2.35. The molecule has 1 fully saturated rings. The van der Waals surface area contributed by atoms with Crippen LogP contribution in [0.2, 0.25) is 0 Å². The Morgan fingerprint density at radius 3 is 2.64 bits per heavy atom. The van der Waals surface area contributed by atoms with E-state index in [0.29, 0.717) is 47.3 Å². The number of nitrogen functional groups attached to an aromatic ring is 1. The molecule has 0 bridgehead atoms. The van der Waals surface area contributed by atoms with Crippen LogP contribution in [0, 0.1) is 0 Å². The van der Waals surface area contributed by atoms with Crippen LogP contribution < -0.4 is 5.73 Å². The van der Waals surface area contributed by atoms with Crippen LogP contribution in [-0.4, -0.2) is 53.8 Å². The zero-order valence-electron chi connectivity index (χ0n) is 19.7. The minimum Gasteiger partial charge on any atom is -0.383 e. The summed E-state index contributed by atoms with van der Waals surface area (Å²) in [6.07, 6.45) is 2.11. The van der Waals surface area contributed by atoms with Gasteiger partial charge >= 0.3 is 6.18 Å². The average Bonchev–Trinajstić information content (AvgIpc) is 3.31. The van der Waals surface area contributed by atoms with Crippen molar-refractivity contribution in [1.29, 1.82) is 0 Å². The molecular formula is C24H25F3N8O. The molecule has 4 aromatic rings. The second-order valence-electron chi connectivity index (χ2n) is 8.96. The van der Waals surface area contributed by atoms with Crippen LogP contribution in [0.15, 0.2) is 30.6 Å². The van der Waals surface area contributed by atoms with Gasteiger partial charge in [0, 0.05) is 31.3 Å². The van der Waals surface area contributed by atoms with Crippen LogP contribution in [0.25, 0.3) is 33.3 Å². The summed E-state index contributed by atoms with van der Waals surface area (Å²) >= 11 is 0. The van der Waals surface area contributed by atoms with Crippen molar-refractivity contribution in [2.45, 2.75) is 51.2 Å². The first kappa shape index (κ1) is 23.9. The molecule has 5 rings (SSSR count). The summed E-state index contributed by atoms with van der Waals surface area (Å²) in [4.78, 5) is 27.1. The van der Waals surface area contributed by atoms with Gasteiger partial charge in [-0.1, -0.05) is 18.6 Å². The molecule has 1 aliphatic rings. The number of nitrogens with zero attached hydrogens (tertiary/aromatic N) is 7. The van der Waals surface area contributed by atoms with Crippen molar-refractivity contribution < 1.29 is 18.0 Å². The van der Waals surface area contributed by atoms with Crippen molar-refractivity contribution in [2.75, 3.05) is 18.8 Å². The maximum Gasteiger partial charge on any atom is 0.419 e. The summed E-state index contributed by atoms with van der Waals surface area (Å²) in [5.41, 5.74) is 7.20. The lowest BCUT2D eigenvalue weighted by molar-refractivity contribution is -0.137. The third kappa shape index (κ3) is 4.42. The summed E-state index contributed by atoms with van der Waals surface area (Å²) in [5, 5.41) is 8.61. The first-order chi connectivity index (χ1) is 17.3. The molecule has 1 saturated heterocycles. The lowest BCUT2D eigenvalue weighted by Gasteiger charge is -2.32. The van der Waals surface area contributed by atoms with Crippen molar-refractivity contribution >= 4 is 33.8 Å². The molecule has 36 heavy (non-hydrogen) atoms. The number of hydrogen-bond donors (Lipinski definition) is 1. The molecule has 1 aliphatic heterocycles. The SMILES string of the molecule is CCCCC(=O)N1CCC(n2nnc3cnc4ccc(-c5cnc(N)c(C(F)(F)F)c5)nc4c32)CC1. The molecule has 0 atom stereocenters. The zero-order valence-corrected chi connectivity index (χ0v) is 19.7. The molecule has 2 N–H and O–H groups in total. The summed E-state index contributed by atoms with van der Waals surface area (Å²) in [5.74, 6) is -0.409. The minimum absolute atomic E-state index is 0.0105. The quantitative estimate of drug-likeness (QED) is 0.434. The maximum absolute atomic E-state index is 13.4. The van der Waals surface area contributed by atoms with E-state index in [2.05, 4.69) is 32.2 Å². The Balaban J connectivity index is 1.50. The van der Waals surface area contributed by atoms with Crippen molar-refractivity contribution in [3.8, 4) is 11.3 Å². The van der Waals surface area contributed by atoms with Crippen LogP contribution in [0.1, 0.15) is 50.6 Å². The number of piperidine rings is 1. The first-order valence-electron chi connectivity index (χ1n) is 11.9. The lowest BCUT2D eigenvalue weighted by atomic mass is 10.0. The lowest BCUT2D eigenvalue weighted by Crippen LogP contribution is -2.39. The fourth-order valence-electron chi connectivity index (χ4n) is 4.59. The van der Waals surface area contributed by atoms with E-state index < -0.39 is 17.6 Å². The average molecular weight is 499 g/mol. The summed E-state index contributed by atoms with van der Waals surface area (Å²) in [6, 6.07) is 4.26. The number of alkyl halides is 3. The van der Waals surface area contributed by atoms with E-state index >= 15 is 0 Å². The van der Waals surface area contributed by atoms with Crippen molar-refractivity contribution in [3.63, 3.8) is 0 Å². The number of anilines is 1. The van der Waals surface area contributed by atoms with Crippen LogP contribution in [0.4, 0.5) is 19.0 Å². The van der Waals surface area contributed by atoms with Gasteiger partial charge in [0.2, 0.25) is 5.91 Å². The Hall–Kier alpha value is -3.83. The molecular weight excluding hydrogens is 473 g/mol. The van der Waals surface area contributed by atoms with E-state index in [0.717, 1.165) is 31.7 Å². The summed E-state index contributed by atoms with van der Waals surface area (Å²) in [6.45, 7) is 3.33. The highest BCUT2D eigenvalue weighted by atomic mass is 19.4. The number of likely N-dealkylation sites (tertiary alicyclic amines) is 1. The molecule has 12 heteroatoms. The highest BCUT2D eigenvalue weighted by molar-refractivity contribution is 5.99. The first-order valence-corrected chi connectivity index (χ1v) is 11.9. The van der Waals surface area contributed by atoms with E-state index in [1.54, 1.807) is 18.3 Å². The number of hydrogen-bond acceptors (Lipinski definition) is 7. The molecule has 0 unspecified atom stereocenters. The molecule has 0 radical (unpaired) electrons. The largest absolute Gasteiger partial charge is 0.419 e. The monoisotopic (exact) mass is 498 g/mol. The summed E-state index contributed by atoms with van der Waals surface area (Å²) < 4.78 is 41.9. The summed E-state index contributed by atoms with van der Waals surface area (Å²) in [7, 11) is 0. The smallest absolute Gasteiger partial charge is 0.383 e. The van der Waals surface area contributed by atoms with Gasteiger partial charge < -0.3 is 10.6 Å². The Kier molecular flexibility index (Phi) is 6.19. The predicted molar refractivity (Wildman–Crippen MR) is 128 cm³/mol. The van der Waals surface area contributed by atoms with Gasteiger partial charge in [-0.15, -0.1) is 5.10 Å². The molecule has 0 saturated carbocycles. The zero-order chi connectivity index (χ0) is 25.4. The van der Waals surface area contributed by atoms with E-state index in [9.17, 15) is 18.0 Å². The van der Waals surface area contributed by atoms with Crippen LogP contribution in [-0.2, 0) is 11.0 Å². The number of pyridine rings is 3. The van der Waals surface area contributed by atoms with Gasteiger partial charge in [0.25, 0.3) is 0 Å². The van der Waals surface area contributed by atoms with Gasteiger partial charge in [-0.2, -0.15) is 13.2 Å². The van der Waals surface area contributed by atoms with E-state index in [4.69, 9.17) is 5.73 Å². The van der Waals surface area contributed by atoms with Crippen molar-refractivity contribution in [1.82, 2.24) is 34.8 Å². The van der Waals surface area contributed by atoms with Crippen molar-refractivity contribution in [3.05, 3.63) is 36.2 Å². The molecule has 0 spiro atoms. The van der Waals surface area contributed by atoms with Gasteiger partial charge in [-0.05, 0) is 37.5 Å². The molecule has 9 nitrogen and oxygen atoms in total. The number of rotatable bonds is 5. The molecule has 0 aromatic carbocycles. The number of carbonyl (C=O) groups is 1. The number of carbonyl (C=O) groups excluding carboxylic acids is 1.